The number of aromatic nitrogens is 4. The molecule has 0 aliphatic heterocycles. The Kier molecular flexibility index (Phi) is 4.95. The number of carbonyl (C=O) groups excluding carboxylic acids is 1. The molecule has 0 fully saturated rings. The van der Waals surface area contributed by atoms with Gasteiger partial charge in [-0.05, 0) is 55.3 Å². The minimum atomic E-state index is -0.132. The molecule has 0 bridgehead atoms. The van der Waals surface area contributed by atoms with Gasteiger partial charge in [-0.15, -0.1) is 0 Å². The predicted molar refractivity (Wildman–Crippen MR) is 126 cm³/mol. The molecule has 2 aromatic carbocycles. The lowest BCUT2D eigenvalue weighted by Gasteiger charge is -2.11. The van der Waals surface area contributed by atoms with Crippen LogP contribution in [0.15, 0.2) is 85.5 Å². The van der Waals surface area contributed by atoms with E-state index in [2.05, 4.69) is 20.3 Å². The Morgan fingerprint density at radius 2 is 1.69 bits per heavy atom. The number of anilines is 1. The van der Waals surface area contributed by atoms with Crippen molar-refractivity contribution in [1.29, 1.82) is 0 Å². The van der Waals surface area contributed by atoms with Crippen LogP contribution in [0.25, 0.3) is 28.3 Å². The molecule has 3 heterocycles. The third kappa shape index (κ3) is 3.63. The van der Waals surface area contributed by atoms with Crippen LogP contribution in [-0.2, 0) is 0 Å². The largest absolute Gasteiger partial charge is 0.322 e. The predicted octanol–water partition coefficient (Wildman–Crippen LogP) is 5.33. The summed E-state index contributed by atoms with van der Waals surface area (Å²) in [4.78, 5) is 26.2. The molecule has 3 aromatic heterocycles. The highest BCUT2D eigenvalue weighted by atomic mass is 16.1. The molecule has 6 nitrogen and oxygen atoms in total. The maximum absolute atomic E-state index is 13.0. The number of rotatable bonds is 4. The van der Waals surface area contributed by atoms with Crippen LogP contribution in [-0.4, -0.2) is 25.3 Å². The van der Waals surface area contributed by atoms with Crippen LogP contribution in [0, 0.1) is 13.8 Å². The van der Waals surface area contributed by atoms with E-state index in [9.17, 15) is 4.79 Å². The Balaban J connectivity index is 1.54. The molecule has 32 heavy (non-hydrogen) atoms. The fraction of sp³-hybridized carbons (Fsp3) is 0.0769. The van der Waals surface area contributed by atoms with Crippen molar-refractivity contribution in [2.45, 2.75) is 13.8 Å². The van der Waals surface area contributed by atoms with Crippen LogP contribution in [0.3, 0.4) is 0 Å². The van der Waals surface area contributed by atoms with Crippen LogP contribution in [0.4, 0.5) is 5.69 Å². The molecule has 5 aromatic rings. The summed E-state index contributed by atoms with van der Waals surface area (Å²) in [7, 11) is 0. The van der Waals surface area contributed by atoms with Gasteiger partial charge in [0, 0.05) is 35.4 Å². The molecule has 0 aliphatic rings. The molecule has 0 aliphatic carbocycles. The Labute approximate surface area is 185 Å². The number of hydrogen-bond acceptors (Lipinski definition) is 4. The molecule has 0 saturated heterocycles. The van der Waals surface area contributed by atoms with E-state index in [-0.39, 0.29) is 5.91 Å². The van der Waals surface area contributed by atoms with Gasteiger partial charge in [-0.3, -0.25) is 9.20 Å². The van der Waals surface area contributed by atoms with Crippen molar-refractivity contribution in [2.24, 2.45) is 0 Å². The zero-order valence-corrected chi connectivity index (χ0v) is 17.8. The molecule has 1 amide bonds. The van der Waals surface area contributed by atoms with Gasteiger partial charge in [0.25, 0.3) is 5.91 Å². The Bertz CT molecular complexity index is 1420. The van der Waals surface area contributed by atoms with Crippen molar-refractivity contribution >= 4 is 17.1 Å². The summed E-state index contributed by atoms with van der Waals surface area (Å²) < 4.78 is 1.97. The normalized spacial score (nSPS) is 10.9. The molecule has 0 saturated carbocycles. The Morgan fingerprint density at radius 1 is 0.906 bits per heavy atom. The standard InChI is InChI=1S/C26H21N5O/c1-17-6-10-20(11-7-17)30-26(32)22-15-19(9-8-18(22)2)21-5-3-14-31-23(21)16-29-25(31)24-27-12-4-13-28-24/h3-16H,1-2H3,(H,30,32). The summed E-state index contributed by atoms with van der Waals surface area (Å²) in [6.45, 7) is 3.96. The Morgan fingerprint density at radius 3 is 2.47 bits per heavy atom. The van der Waals surface area contributed by atoms with Gasteiger partial charge < -0.3 is 5.32 Å². The average Bonchev–Trinajstić information content (AvgIpc) is 3.26. The maximum atomic E-state index is 13.0. The number of benzene rings is 2. The van der Waals surface area contributed by atoms with Gasteiger partial charge in [0.15, 0.2) is 11.6 Å². The lowest BCUT2D eigenvalue weighted by atomic mass is 9.99. The van der Waals surface area contributed by atoms with E-state index in [1.54, 1.807) is 18.5 Å². The minimum absolute atomic E-state index is 0.132. The summed E-state index contributed by atoms with van der Waals surface area (Å²) in [6, 6.07) is 19.5. The fourth-order valence-corrected chi connectivity index (χ4v) is 3.72. The lowest BCUT2D eigenvalue weighted by Crippen LogP contribution is -2.13. The van der Waals surface area contributed by atoms with Gasteiger partial charge in [0.05, 0.1) is 11.7 Å². The van der Waals surface area contributed by atoms with Gasteiger partial charge in [0.2, 0.25) is 0 Å². The van der Waals surface area contributed by atoms with Gasteiger partial charge in [-0.2, -0.15) is 0 Å². The number of pyridine rings is 1. The first-order chi connectivity index (χ1) is 15.6. The Hall–Kier alpha value is -4.32. The van der Waals surface area contributed by atoms with Crippen molar-refractivity contribution < 1.29 is 4.79 Å². The van der Waals surface area contributed by atoms with Gasteiger partial charge in [-0.25, -0.2) is 15.0 Å². The van der Waals surface area contributed by atoms with E-state index in [0.717, 1.165) is 33.5 Å². The number of nitrogens with zero attached hydrogens (tertiary/aromatic N) is 4. The lowest BCUT2D eigenvalue weighted by molar-refractivity contribution is 0.102. The molecule has 156 valence electrons. The highest BCUT2D eigenvalue weighted by Crippen LogP contribution is 2.29. The molecule has 1 N–H and O–H groups in total. The number of hydrogen-bond donors (Lipinski definition) is 1. The summed E-state index contributed by atoms with van der Waals surface area (Å²) in [5.74, 6) is 1.10. The quantitative estimate of drug-likeness (QED) is 0.427. The molecule has 0 radical (unpaired) electrons. The first-order valence-electron chi connectivity index (χ1n) is 10.3. The number of amides is 1. The first-order valence-corrected chi connectivity index (χ1v) is 10.3. The fourth-order valence-electron chi connectivity index (χ4n) is 3.72. The zero-order valence-electron chi connectivity index (χ0n) is 17.8. The average molecular weight is 419 g/mol. The van der Waals surface area contributed by atoms with E-state index in [4.69, 9.17) is 0 Å². The van der Waals surface area contributed by atoms with Crippen LogP contribution >= 0.6 is 0 Å². The number of carbonyl (C=O) groups is 1. The molecule has 6 heteroatoms. The highest BCUT2D eigenvalue weighted by Gasteiger charge is 2.15. The second kappa shape index (κ2) is 8.07. The first kappa shape index (κ1) is 19.6. The third-order valence-electron chi connectivity index (χ3n) is 5.44. The van der Waals surface area contributed by atoms with E-state index >= 15 is 0 Å². The van der Waals surface area contributed by atoms with Crippen LogP contribution in [0.1, 0.15) is 21.5 Å². The SMILES string of the molecule is Cc1ccc(NC(=O)c2cc(-c3cccn4c(-c5ncccn5)ncc34)ccc2C)cc1. The molecular weight excluding hydrogens is 398 g/mol. The van der Waals surface area contributed by atoms with Crippen molar-refractivity contribution in [3.8, 4) is 22.8 Å². The smallest absolute Gasteiger partial charge is 0.255 e. The molecule has 0 spiro atoms. The number of aryl methyl sites for hydroxylation is 2. The maximum Gasteiger partial charge on any atom is 0.255 e. The topological polar surface area (TPSA) is 72.2 Å². The van der Waals surface area contributed by atoms with Crippen LogP contribution < -0.4 is 5.32 Å². The summed E-state index contributed by atoms with van der Waals surface area (Å²) in [6.07, 6.45) is 7.15. The molecule has 5 rings (SSSR count). The second-order valence-corrected chi connectivity index (χ2v) is 7.68. The minimum Gasteiger partial charge on any atom is -0.322 e. The van der Waals surface area contributed by atoms with E-state index in [1.165, 1.54) is 0 Å². The second-order valence-electron chi connectivity index (χ2n) is 7.68. The zero-order chi connectivity index (χ0) is 22.1. The van der Waals surface area contributed by atoms with Gasteiger partial charge in [-0.1, -0.05) is 35.9 Å². The molecule has 0 unspecified atom stereocenters. The summed E-state index contributed by atoms with van der Waals surface area (Å²) in [5, 5.41) is 2.99. The number of nitrogens with one attached hydrogen (secondary N) is 1. The van der Waals surface area contributed by atoms with Crippen molar-refractivity contribution in [2.75, 3.05) is 5.32 Å². The van der Waals surface area contributed by atoms with Crippen molar-refractivity contribution in [1.82, 2.24) is 19.4 Å². The highest BCUT2D eigenvalue weighted by molar-refractivity contribution is 6.06. The molecule has 0 atom stereocenters. The van der Waals surface area contributed by atoms with Crippen molar-refractivity contribution in [3.05, 3.63) is 102 Å². The van der Waals surface area contributed by atoms with E-state index < -0.39 is 0 Å². The monoisotopic (exact) mass is 419 g/mol. The van der Waals surface area contributed by atoms with Crippen molar-refractivity contribution in [3.63, 3.8) is 0 Å². The summed E-state index contributed by atoms with van der Waals surface area (Å²) in [5.41, 5.74) is 6.31. The number of imidazole rings is 1. The van der Waals surface area contributed by atoms with Gasteiger partial charge in [0.1, 0.15) is 0 Å². The third-order valence-corrected chi connectivity index (χ3v) is 5.44. The number of fused-ring (bicyclic) bond motifs is 1. The van der Waals surface area contributed by atoms with E-state index in [1.807, 2.05) is 85.2 Å². The van der Waals surface area contributed by atoms with Gasteiger partial charge >= 0.3 is 0 Å². The molecular formula is C26H21N5O. The van der Waals surface area contributed by atoms with Crippen LogP contribution in [0.2, 0.25) is 0 Å². The van der Waals surface area contributed by atoms with Crippen LogP contribution in [0.5, 0.6) is 0 Å². The summed E-state index contributed by atoms with van der Waals surface area (Å²) >= 11 is 0. The van der Waals surface area contributed by atoms with E-state index in [0.29, 0.717) is 17.2 Å².